The Balaban J connectivity index is 1.98. The van der Waals surface area contributed by atoms with Gasteiger partial charge < -0.3 is 15.4 Å². The molecule has 128 valence electrons. The minimum absolute atomic E-state index is 0.262. The van der Waals surface area contributed by atoms with Crippen LogP contribution in [0, 0.1) is 0 Å². The fraction of sp³-hybridized carbons (Fsp3) is 0.389. The zero-order valence-corrected chi connectivity index (χ0v) is 14.4. The Morgan fingerprint density at radius 2 is 1.96 bits per heavy atom. The van der Waals surface area contributed by atoms with Crippen molar-refractivity contribution < 1.29 is 9.53 Å². The van der Waals surface area contributed by atoms with Gasteiger partial charge in [0.15, 0.2) is 5.69 Å². The number of rotatable bonds is 8. The van der Waals surface area contributed by atoms with Gasteiger partial charge in [0.2, 0.25) is 0 Å². The molecule has 1 amide bonds. The van der Waals surface area contributed by atoms with Gasteiger partial charge in [-0.1, -0.05) is 32.0 Å². The average molecular weight is 328 g/mol. The maximum absolute atomic E-state index is 12.3. The van der Waals surface area contributed by atoms with Crippen LogP contribution in [0.2, 0.25) is 0 Å². The van der Waals surface area contributed by atoms with Gasteiger partial charge in [0, 0.05) is 25.9 Å². The summed E-state index contributed by atoms with van der Waals surface area (Å²) in [5.74, 6) is 0.707. The number of ether oxygens (including phenoxy) is 1. The van der Waals surface area contributed by atoms with Crippen LogP contribution in [0.4, 0.5) is 11.5 Å². The van der Waals surface area contributed by atoms with Gasteiger partial charge >= 0.3 is 0 Å². The van der Waals surface area contributed by atoms with Gasteiger partial charge in [-0.05, 0) is 36.1 Å². The van der Waals surface area contributed by atoms with Gasteiger partial charge in [-0.2, -0.15) is 0 Å². The molecule has 2 aromatic rings. The molecular weight excluding hydrogens is 304 g/mol. The quantitative estimate of drug-likeness (QED) is 0.727. The summed E-state index contributed by atoms with van der Waals surface area (Å²) in [6.45, 7) is 5.62. The van der Waals surface area contributed by atoms with Crippen LogP contribution in [0.5, 0.6) is 0 Å². The van der Waals surface area contributed by atoms with Crippen molar-refractivity contribution in [3.63, 3.8) is 0 Å². The lowest BCUT2D eigenvalue weighted by Crippen LogP contribution is -2.16. The number of hydrogen-bond donors (Lipinski definition) is 2. The predicted molar refractivity (Wildman–Crippen MR) is 95.5 cm³/mol. The molecule has 0 atom stereocenters. The van der Waals surface area contributed by atoms with Crippen molar-refractivity contribution in [1.29, 1.82) is 0 Å². The predicted octanol–water partition coefficient (Wildman–Crippen LogP) is 3.30. The highest BCUT2D eigenvalue weighted by atomic mass is 16.5. The fourth-order valence-electron chi connectivity index (χ4n) is 2.28. The van der Waals surface area contributed by atoms with Crippen LogP contribution in [0.25, 0.3) is 0 Å². The number of nitrogens with zero attached hydrogens (tertiary/aromatic N) is 2. The molecule has 0 saturated heterocycles. The van der Waals surface area contributed by atoms with Crippen LogP contribution in [-0.2, 0) is 4.74 Å². The third-order valence-corrected chi connectivity index (χ3v) is 3.56. The van der Waals surface area contributed by atoms with E-state index in [-0.39, 0.29) is 11.6 Å². The first-order chi connectivity index (χ1) is 11.6. The maximum Gasteiger partial charge on any atom is 0.276 e. The van der Waals surface area contributed by atoms with Crippen molar-refractivity contribution in [2.75, 3.05) is 30.9 Å². The number of hydrogen-bond acceptors (Lipinski definition) is 5. The molecule has 0 unspecified atom stereocenters. The molecule has 0 saturated carbocycles. The summed E-state index contributed by atoms with van der Waals surface area (Å²) in [4.78, 5) is 12.3. The minimum Gasteiger partial charge on any atom is -0.385 e. The van der Waals surface area contributed by atoms with E-state index >= 15 is 0 Å². The number of para-hydroxylation sites is 1. The number of carbonyl (C=O) groups is 1. The smallest absolute Gasteiger partial charge is 0.276 e. The lowest BCUT2D eigenvalue weighted by molar-refractivity contribution is 0.102. The Hall–Kier alpha value is -2.47. The number of carbonyl (C=O) groups excluding carboxylic acids is 1. The molecule has 2 rings (SSSR count). The summed E-state index contributed by atoms with van der Waals surface area (Å²) in [5, 5.41) is 14.1. The fourth-order valence-corrected chi connectivity index (χ4v) is 2.28. The van der Waals surface area contributed by atoms with E-state index in [0.717, 1.165) is 24.2 Å². The van der Waals surface area contributed by atoms with E-state index < -0.39 is 0 Å². The zero-order valence-electron chi connectivity index (χ0n) is 14.4. The lowest BCUT2D eigenvalue weighted by atomic mass is 10.0. The first kappa shape index (κ1) is 17.9. The molecule has 1 aromatic carbocycles. The molecule has 1 aromatic heterocycles. The maximum atomic E-state index is 12.3. The van der Waals surface area contributed by atoms with Crippen LogP contribution >= 0.6 is 0 Å². The molecule has 6 nitrogen and oxygen atoms in total. The minimum atomic E-state index is -0.262. The average Bonchev–Trinajstić information content (AvgIpc) is 2.59. The van der Waals surface area contributed by atoms with Gasteiger partial charge in [0.1, 0.15) is 5.82 Å². The van der Waals surface area contributed by atoms with E-state index in [9.17, 15) is 4.79 Å². The third-order valence-electron chi connectivity index (χ3n) is 3.56. The van der Waals surface area contributed by atoms with Crippen molar-refractivity contribution in [2.24, 2.45) is 0 Å². The molecule has 0 bridgehead atoms. The molecule has 0 radical (unpaired) electrons. The second-order valence-corrected chi connectivity index (χ2v) is 5.77. The Kier molecular flexibility index (Phi) is 6.69. The van der Waals surface area contributed by atoms with E-state index in [1.165, 1.54) is 0 Å². The summed E-state index contributed by atoms with van der Waals surface area (Å²) < 4.78 is 4.98. The number of amides is 1. The summed E-state index contributed by atoms with van der Waals surface area (Å²) in [6.07, 6.45) is 0.881. The van der Waals surface area contributed by atoms with Crippen LogP contribution in [0.3, 0.4) is 0 Å². The zero-order chi connectivity index (χ0) is 17.4. The van der Waals surface area contributed by atoms with Gasteiger partial charge in [-0.25, -0.2) is 0 Å². The third kappa shape index (κ3) is 5.03. The van der Waals surface area contributed by atoms with Crippen LogP contribution in [0.15, 0.2) is 36.4 Å². The summed E-state index contributed by atoms with van der Waals surface area (Å²) >= 11 is 0. The van der Waals surface area contributed by atoms with E-state index in [1.807, 2.05) is 24.3 Å². The van der Waals surface area contributed by atoms with Gasteiger partial charge in [-0.3, -0.25) is 4.79 Å². The Morgan fingerprint density at radius 1 is 1.17 bits per heavy atom. The molecule has 1 heterocycles. The standard InChI is InChI=1S/C18H24N4O2/c1-13(2)14-7-4-5-8-15(14)20-18(23)16-9-10-17(22-21-16)19-11-6-12-24-3/h4-5,7-10,13H,6,11-12H2,1-3H3,(H,19,22)(H,20,23). The van der Waals surface area contributed by atoms with Gasteiger partial charge in [0.25, 0.3) is 5.91 Å². The van der Waals surface area contributed by atoms with Crippen molar-refractivity contribution in [1.82, 2.24) is 10.2 Å². The summed E-state index contributed by atoms with van der Waals surface area (Å²) in [7, 11) is 1.67. The molecule has 0 aliphatic carbocycles. The van der Waals surface area contributed by atoms with Gasteiger partial charge in [0.05, 0.1) is 0 Å². The first-order valence-corrected chi connectivity index (χ1v) is 8.08. The second-order valence-electron chi connectivity index (χ2n) is 5.77. The Bertz CT molecular complexity index is 656. The highest BCUT2D eigenvalue weighted by molar-refractivity contribution is 6.03. The molecule has 0 aliphatic heterocycles. The molecule has 6 heteroatoms. The number of anilines is 2. The van der Waals surface area contributed by atoms with E-state index in [1.54, 1.807) is 19.2 Å². The lowest BCUT2D eigenvalue weighted by Gasteiger charge is -2.13. The van der Waals surface area contributed by atoms with Crippen LogP contribution < -0.4 is 10.6 Å². The van der Waals surface area contributed by atoms with Crippen LogP contribution in [-0.4, -0.2) is 36.4 Å². The topological polar surface area (TPSA) is 76.1 Å². The molecule has 0 spiro atoms. The van der Waals surface area contributed by atoms with E-state index in [2.05, 4.69) is 34.7 Å². The molecular formula is C18H24N4O2. The van der Waals surface area contributed by atoms with Crippen LogP contribution in [0.1, 0.15) is 42.2 Å². The van der Waals surface area contributed by atoms with Crippen molar-refractivity contribution in [3.8, 4) is 0 Å². The normalized spacial score (nSPS) is 10.7. The number of nitrogens with one attached hydrogen (secondary N) is 2. The van der Waals surface area contributed by atoms with Crippen molar-refractivity contribution in [2.45, 2.75) is 26.2 Å². The second kappa shape index (κ2) is 8.98. The van der Waals surface area contributed by atoms with Crippen molar-refractivity contribution in [3.05, 3.63) is 47.7 Å². The highest BCUT2D eigenvalue weighted by Gasteiger charge is 2.12. The largest absolute Gasteiger partial charge is 0.385 e. The molecule has 0 aliphatic rings. The summed E-state index contributed by atoms with van der Waals surface area (Å²) in [6, 6.07) is 11.2. The number of methoxy groups -OCH3 is 1. The summed E-state index contributed by atoms with van der Waals surface area (Å²) in [5.41, 5.74) is 2.19. The van der Waals surface area contributed by atoms with E-state index in [0.29, 0.717) is 18.3 Å². The van der Waals surface area contributed by atoms with Gasteiger partial charge in [-0.15, -0.1) is 10.2 Å². The number of benzene rings is 1. The van der Waals surface area contributed by atoms with E-state index in [4.69, 9.17) is 4.74 Å². The molecule has 0 fully saturated rings. The SMILES string of the molecule is COCCCNc1ccc(C(=O)Nc2ccccc2C(C)C)nn1. The first-order valence-electron chi connectivity index (χ1n) is 8.08. The molecule has 24 heavy (non-hydrogen) atoms. The number of aromatic nitrogens is 2. The Morgan fingerprint density at radius 3 is 2.62 bits per heavy atom. The highest BCUT2D eigenvalue weighted by Crippen LogP contribution is 2.24. The van der Waals surface area contributed by atoms with Crippen molar-refractivity contribution >= 4 is 17.4 Å². The monoisotopic (exact) mass is 328 g/mol. The molecule has 2 N–H and O–H groups in total. The Labute approximate surface area is 142 Å².